The molecule has 3 N–H and O–H groups in total. The van der Waals surface area contributed by atoms with Crippen LogP contribution in [0, 0.1) is 5.92 Å². The lowest BCUT2D eigenvalue weighted by atomic mass is 10.0. The molecule has 24 heavy (non-hydrogen) atoms. The smallest absolute Gasteiger partial charge is 0.231 e. The minimum Gasteiger partial charge on any atom is -0.369 e. The van der Waals surface area contributed by atoms with Gasteiger partial charge in [-0.3, -0.25) is 19.3 Å². The van der Waals surface area contributed by atoms with Crippen LogP contribution in [-0.4, -0.2) is 65.8 Å². The Hall–Kier alpha value is -1.63. The number of likely N-dealkylation sites (tertiary alicyclic amines) is 2. The van der Waals surface area contributed by atoms with Crippen molar-refractivity contribution in [2.24, 2.45) is 11.7 Å². The van der Waals surface area contributed by atoms with Crippen LogP contribution in [0.4, 0.5) is 0 Å². The fourth-order valence-electron chi connectivity index (χ4n) is 4.25. The Bertz CT molecular complexity index is 496. The quantitative estimate of drug-likeness (QED) is 0.729. The van der Waals surface area contributed by atoms with Crippen LogP contribution in [0.3, 0.4) is 0 Å². The molecular formula is C17H28N4O3. The highest BCUT2D eigenvalue weighted by Gasteiger charge is 2.39. The Morgan fingerprint density at radius 3 is 2.42 bits per heavy atom. The normalized spacial score (nSPS) is 26.9. The molecule has 3 rings (SSSR count). The van der Waals surface area contributed by atoms with Gasteiger partial charge in [0.15, 0.2) is 0 Å². The third-order valence-corrected chi connectivity index (χ3v) is 5.61. The zero-order valence-corrected chi connectivity index (χ0v) is 14.2. The van der Waals surface area contributed by atoms with Crippen molar-refractivity contribution < 1.29 is 14.4 Å². The molecule has 2 aliphatic heterocycles. The van der Waals surface area contributed by atoms with Crippen molar-refractivity contribution in [3.63, 3.8) is 0 Å². The van der Waals surface area contributed by atoms with E-state index in [1.807, 2.05) is 9.80 Å². The molecule has 0 bridgehead atoms. The first-order chi connectivity index (χ1) is 11.5. The number of nitrogens with zero attached hydrogens (tertiary/aromatic N) is 2. The second-order valence-electron chi connectivity index (χ2n) is 7.41. The molecule has 0 spiro atoms. The number of nitrogens with one attached hydrogen (secondary N) is 1. The number of piperidine rings is 1. The number of amides is 3. The van der Waals surface area contributed by atoms with E-state index in [2.05, 4.69) is 5.32 Å². The maximum Gasteiger partial charge on any atom is 0.231 e. The zero-order valence-electron chi connectivity index (χ0n) is 14.2. The van der Waals surface area contributed by atoms with Gasteiger partial charge in [-0.2, -0.15) is 0 Å². The van der Waals surface area contributed by atoms with Crippen molar-refractivity contribution in [3.8, 4) is 0 Å². The van der Waals surface area contributed by atoms with Gasteiger partial charge in [-0.15, -0.1) is 0 Å². The topological polar surface area (TPSA) is 95.7 Å². The van der Waals surface area contributed by atoms with Crippen LogP contribution in [0.2, 0.25) is 0 Å². The molecule has 0 aromatic carbocycles. The molecule has 2 saturated heterocycles. The van der Waals surface area contributed by atoms with Crippen LogP contribution in [0.1, 0.15) is 44.9 Å². The average Bonchev–Trinajstić information content (AvgIpc) is 3.17. The molecule has 3 aliphatic rings. The van der Waals surface area contributed by atoms with Crippen LogP contribution >= 0.6 is 0 Å². The van der Waals surface area contributed by atoms with Crippen LogP contribution < -0.4 is 11.1 Å². The second-order valence-corrected chi connectivity index (χ2v) is 7.41. The fraction of sp³-hybridized carbons (Fsp3) is 0.824. The van der Waals surface area contributed by atoms with E-state index in [-0.39, 0.29) is 36.2 Å². The van der Waals surface area contributed by atoms with Crippen LogP contribution in [-0.2, 0) is 14.4 Å². The summed E-state index contributed by atoms with van der Waals surface area (Å²) in [5.74, 6) is -0.369. The molecule has 1 atom stereocenters. The summed E-state index contributed by atoms with van der Waals surface area (Å²) in [6, 6.07) is 0.490. The zero-order chi connectivity index (χ0) is 17.1. The Labute approximate surface area is 142 Å². The average molecular weight is 336 g/mol. The number of primary amides is 1. The van der Waals surface area contributed by atoms with Crippen molar-refractivity contribution in [1.82, 2.24) is 15.1 Å². The number of carbonyl (C=O) groups excluding carboxylic acids is 3. The maximum absolute atomic E-state index is 12.5. The lowest BCUT2D eigenvalue weighted by molar-refractivity contribution is -0.130. The van der Waals surface area contributed by atoms with Crippen molar-refractivity contribution >= 4 is 17.7 Å². The van der Waals surface area contributed by atoms with Gasteiger partial charge in [-0.05, 0) is 25.7 Å². The number of nitrogens with two attached hydrogens (primary N) is 1. The summed E-state index contributed by atoms with van der Waals surface area (Å²) >= 11 is 0. The van der Waals surface area contributed by atoms with Gasteiger partial charge in [0.1, 0.15) is 0 Å². The summed E-state index contributed by atoms with van der Waals surface area (Å²) in [6.07, 6.45) is 6.54. The number of rotatable bonds is 5. The monoisotopic (exact) mass is 336 g/mol. The first kappa shape index (κ1) is 17.2. The Morgan fingerprint density at radius 2 is 1.79 bits per heavy atom. The van der Waals surface area contributed by atoms with Gasteiger partial charge < -0.3 is 16.0 Å². The van der Waals surface area contributed by atoms with E-state index >= 15 is 0 Å². The molecule has 134 valence electrons. The minimum atomic E-state index is -0.311. The van der Waals surface area contributed by atoms with Gasteiger partial charge in [0, 0.05) is 38.1 Å². The second kappa shape index (κ2) is 7.51. The van der Waals surface area contributed by atoms with Gasteiger partial charge in [-0.25, -0.2) is 0 Å². The Morgan fingerprint density at radius 1 is 1.12 bits per heavy atom. The molecule has 3 amide bonds. The lowest BCUT2D eigenvalue weighted by Gasteiger charge is -2.32. The number of hydrogen-bond acceptors (Lipinski definition) is 4. The summed E-state index contributed by atoms with van der Waals surface area (Å²) in [7, 11) is 0. The Balaban J connectivity index is 1.44. The number of hydrogen-bond donors (Lipinski definition) is 2. The van der Waals surface area contributed by atoms with Gasteiger partial charge in [0.05, 0.1) is 12.5 Å². The summed E-state index contributed by atoms with van der Waals surface area (Å²) in [5, 5.41) is 3.11. The molecule has 7 nitrogen and oxygen atoms in total. The van der Waals surface area contributed by atoms with Gasteiger partial charge in [0.2, 0.25) is 17.7 Å². The molecule has 1 aliphatic carbocycles. The molecule has 2 heterocycles. The summed E-state index contributed by atoms with van der Waals surface area (Å²) < 4.78 is 0. The predicted octanol–water partition coefficient (Wildman–Crippen LogP) is -0.157. The molecule has 0 aromatic heterocycles. The highest BCUT2D eigenvalue weighted by molar-refractivity contribution is 5.89. The predicted molar refractivity (Wildman–Crippen MR) is 88.9 cm³/mol. The summed E-state index contributed by atoms with van der Waals surface area (Å²) in [5.41, 5.74) is 5.21. The maximum atomic E-state index is 12.5. The minimum absolute atomic E-state index is 0.0113. The lowest BCUT2D eigenvalue weighted by Crippen LogP contribution is -2.48. The van der Waals surface area contributed by atoms with Gasteiger partial charge >= 0.3 is 0 Å². The van der Waals surface area contributed by atoms with Crippen LogP contribution in [0.15, 0.2) is 0 Å². The summed E-state index contributed by atoms with van der Waals surface area (Å²) in [6.45, 7) is 2.40. The summed E-state index contributed by atoms with van der Waals surface area (Å²) in [4.78, 5) is 39.6. The first-order valence-electron chi connectivity index (χ1n) is 9.13. The third-order valence-electron chi connectivity index (χ3n) is 5.61. The SMILES string of the molecule is NC(=O)CN1CCC(NC(=O)C2CC(=O)N(C3CCCC3)C2)CC1. The van der Waals surface area contributed by atoms with E-state index in [0.717, 1.165) is 38.8 Å². The van der Waals surface area contributed by atoms with Crippen LogP contribution in [0.5, 0.6) is 0 Å². The van der Waals surface area contributed by atoms with Crippen molar-refractivity contribution in [1.29, 1.82) is 0 Å². The molecule has 0 radical (unpaired) electrons. The van der Waals surface area contributed by atoms with Gasteiger partial charge in [-0.1, -0.05) is 12.8 Å². The van der Waals surface area contributed by atoms with E-state index in [0.29, 0.717) is 19.0 Å². The van der Waals surface area contributed by atoms with Crippen molar-refractivity contribution in [3.05, 3.63) is 0 Å². The van der Waals surface area contributed by atoms with E-state index in [9.17, 15) is 14.4 Å². The van der Waals surface area contributed by atoms with E-state index in [1.165, 1.54) is 12.8 Å². The van der Waals surface area contributed by atoms with Gasteiger partial charge in [0.25, 0.3) is 0 Å². The fourth-order valence-corrected chi connectivity index (χ4v) is 4.25. The standard InChI is InChI=1S/C17H28N4O3/c18-15(22)11-20-7-5-13(6-8-20)19-17(24)12-9-16(23)21(10-12)14-3-1-2-4-14/h12-14H,1-11H2,(H2,18,22)(H,19,24). The van der Waals surface area contributed by atoms with Crippen molar-refractivity contribution in [2.45, 2.75) is 57.0 Å². The first-order valence-corrected chi connectivity index (χ1v) is 9.13. The van der Waals surface area contributed by atoms with E-state index in [1.54, 1.807) is 0 Å². The van der Waals surface area contributed by atoms with Crippen molar-refractivity contribution in [2.75, 3.05) is 26.2 Å². The molecule has 0 aromatic rings. The van der Waals surface area contributed by atoms with Crippen LogP contribution in [0.25, 0.3) is 0 Å². The highest BCUT2D eigenvalue weighted by Crippen LogP contribution is 2.29. The van der Waals surface area contributed by atoms with E-state index in [4.69, 9.17) is 5.73 Å². The largest absolute Gasteiger partial charge is 0.369 e. The van der Waals surface area contributed by atoms with E-state index < -0.39 is 0 Å². The molecule has 3 fully saturated rings. The third kappa shape index (κ3) is 4.06. The molecule has 1 saturated carbocycles. The molecule has 7 heteroatoms. The molecular weight excluding hydrogens is 308 g/mol. The highest BCUT2D eigenvalue weighted by atomic mass is 16.2. The molecule has 1 unspecified atom stereocenters. The number of carbonyl (C=O) groups is 3. The Kier molecular flexibility index (Phi) is 5.38.